The summed E-state index contributed by atoms with van der Waals surface area (Å²) in [4.78, 5) is 6.92. The van der Waals surface area contributed by atoms with Gasteiger partial charge in [-0.1, -0.05) is 32.0 Å². The third-order valence-electron chi connectivity index (χ3n) is 3.18. The van der Waals surface area contributed by atoms with Crippen LogP contribution in [0.25, 0.3) is 0 Å². The second-order valence-corrected chi connectivity index (χ2v) is 6.83. The van der Waals surface area contributed by atoms with Crippen LogP contribution < -0.4 is 10.1 Å². The number of aromatic nitrogens is 2. The number of ether oxygens (including phenoxy) is 1. The summed E-state index contributed by atoms with van der Waals surface area (Å²) < 4.78 is 18.0. The van der Waals surface area contributed by atoms with Crippen molar-refractivity contribution in [3.05, 3.63) is 42.2 Å². The van der Waals surface area contributed by atoms with Crippen molar-refractivity contribution in [3.63, 3.8) is 0 Å². The lowest BCUT2D eigenvalue weighted by Gasteiger charge is -2.12. The van der Waals surface area contributed by atoms with Crippen molar-refractivity contribution in [2.75, 3.05) is 13.3 Å². The molecule has 0 aliphatic carbocycles. The lowest BCUT2D eigenvalue weighted by Crippen LogP contribution is -2.22. The fraction of sp³-hybridized carbons (Fsp3) is 0.438. The third-order valence-corrected chi connectivity index (χ3v) is 4.40. The van der Waals surface area contributed by atoms with Crippen LogP contribution >= 0.6 is 0 Å². The molecular weight excluding hydrogens is 298 g/mol. The minimum absolute atomic E-state index is 0.385. The first-order valence-corrected chi connectivity index (χ1v) is 8.78. The number of imidazole rings is 1. The second kappa shape index (κ2) is 8.70. The van der Waals surface area contributed by atoms with Crippen molar-refractivity contribution in [2.45, 2.75) is 31.2 Å². The summed E-state index contributed by atoms with van der Waals surface area (Å²) >= 11 is 0. The number of hydrogen-bond acceptors (Lipinski definition) is 4. The molecule has 0 aliphatic heterocycles. The Morgan fingerprint density at radius 3 is 2.91 bits per heavy atom. The number of para-hydroxylation sites is 1. The summed E-state index contributed by atoms with van der Waals surface area (Å²) in [5.41, 5.74) is 0.919. The van der Waals surface area contributed by atoms with Gasteiger partial charge in [0.2, 0.25) is 0 Å². The van der Waals surface area contributed by atoms with Crippen molar-refractivity contribution in [1.82, 2.24) is 15.3 Å². The molecule has 0 radical (unpaired) electrons. The molecule has 1 atom stereocenters. The van der Waals surface area contributed by atoms with E-state index in [2.05, 4.69) is 29.1 Å². The molecular formula is C16H23N3O2S. The SMILES string of the molecule is CC(C)CCNCOc1ccccc1CS(=O)c1ncc[nH]1. The van der Waals surface area contributed by atoms with E-state index in [9.17, 15) is 4.21 Å². The largest absolute Gasteiger partial charge is 0.478 e. The van der Waals surface area contributed by atoms with E-state index in [1.165, 1.54) is 0 Å². The Kier molecular flexibility index (Phi) is 6.61. The van der Waals surface area contributed by atoms with Crippen LogP contribution in [0.15, 0.2) is 41.8 Å². The first-order valence-electron chi connectivity index (χ1n) is 7.46. The van der Waals surface area contributed by atoms with Crippen molar-refractivity contribution < 1.29 is 8.95 Å². The minimum atomic E-state index is -1.20. The predicted octanol–water partition coefficient (Wildman–Crippen LogP) is 2.69. The molecule has 0 amide bonds. The summed E-state index contributed by atoms with van der Waals surface area (Å²) in [5, 5.41) is 3.75. The fourth-order valence-corrected chi connectivity index (χ4v) is 2.98. The molecule has 1 heterocycles. The zero-order valence-electron chi connectivity index (χ0n) is 13.0. The predicted molar refractivity (Wildman–Crippen MR) is 88.1 cm³/mol. The quantitative estimate of drug-likeness (QED) is 0.550. The molecule has 1 aromatic carbocycles. The van der Waals surface area contributed by atoms with Crippen molar-refractivity contribution in [3.8, 4) is 5.75 Å². The first kappa shape index (κ1) is 16.7. The van der Waals surface area contributed by atoms with Gasteiger partial charge in [0.1, 0.15) is 12.5 Å². The van der Waals surface area contributed by atoms with Crippen LogP contribution in [0.5, 0.6) is 5.75 Å². The van der Waals surface area contributed by atoms with E-state index >= 15 is 0 Å². The number of aromatic amines is 1. The number of nitrogens with zero attached hydrogens (tertiary/aromatic N) is 1. The Labute approximate surface area is 134 Å². The molecule has 0 saturated carbocycles. The molecule has 2 aromatic rings. The van der Waals surface area contributed by atoms with Gasteiger partial charge in [0.05, 0.1) is 16.6 Å². The zero-order chi connectivity index (χ0) is 15.8. The van der Waals surface area contributed by atoms with Gasteiger partial charge < -0.3 is 9.72 Å². The molecule has 120 valence electrons. The molecule has 2 N–H and O–H groups in total. The summed E-state index contributed by atoms with van der Waals surface area (Å²) in [5.74, 6) is 1.82. The van der Waals surface area contributed by atoms with Crippen molar-refractivity contribution in [1.29, 1.82) is 0 Å². The van der Waals surface area contributed by atoms with E-state index in [0.717, 1.165) is 24.3 Å². The van der Waals surface area contributed by atoms with E-state index < -0.39 is 10.8 Å². The van der Waals surface area contributed by atoms with Gasteiger partial charge in [-0.05, 0) is 24.9 Å². The monoisotopic (exact) mass is 321 g/mol. The summed E-state index contributed by atoms with van der Waals surface area (Å²) in [6, 6.07) is 7.68. The molecule has 1 unspecified atom stereocenters. The Morgan fingerprint density at radius 1 is 1.36 bits per heavy atom. The molecule has 0 bridgehead atoms. The molecule has 0 saturated heterocycles. The van der Waals surface area contributed by atoms with E-state index in [1.54, 1.807) is 12.4 Å². The van der Waals surface area contributed by atoms with Crippen LogP contribution in [0.3, 0.4) is 0 Å². The lowest BCUT2D eigenvalue weighted by molar-refractivity contribution is 0.278. The van der Waals surface area contributed by atoms with Gasteiger partial charge in [0, 0.05) is 18.0 Å². The maximum atomic E-state index is 12.2. The molecule has 6 heteroatoms. The maximum absolute atomic E-state index is 12.2. The molecule has 22 heavy (non-hydrogen) atoms. The van der Waals surface area contributed by atoms with E-state index in [-0.39, 0.29) is 0 Å². The molecule has 5 nitrogen and oxygen atoms in total. The average molecular weight is 321 g/mol. The standard InChI is InChI=1S/C16H23N3O2S/c1-13(2)7-8-17-12-21-15-6-4-3-5-14(15)11-22(20)16-18-9-10-19-16/h3-6,9-10,13,17H,7-8,11-12H2,1-2H3,(H,18,19). The highest BCUT2D eigenvalue weighted by Crippen LogP contribution is 2.20. The molecule has 0 aliphatic rings. The van der Waals surface area contributed by atoms with E-state index in [0.29, 0.717) is 23.6 Å². The van der Waals surface area contributed by atoms with Gasteiger partial charge in [-0.25, -0.2) is 4.98 Å². The van der Waals surface area contributed by atoms with Gasteiger partial charge in [-0.15, -0.1) is 0 Å². The highest BCUT2D eigenvalue weighted by atomic mass is 32.2. The average Bonchev–Trinajstić information content (AvgIpc) is 3.02. The number of rotatable bonds is 9. The van der Waals surface area contributed by atoms with Crippen LogP contribution in [0, 0.1) is 5.92 Å². The summed E-state index contributed by atoms with van der Waals surface area (Å²) in [6.07, 6.45) is 4.40. The van der Waals surface area contributed by atoms with Crippen LogP contribution in [-0.2, 0) is 16.6 Å². The Hall–Kier alpha value is -1.66. The third kappa shape index (κ3) is 5.27. The minimum Gasteiger partial charge on any atom is -0.478 e. The molecule has 2 rings (SSSR count). The lowest BCUT2D eigenvalue weighted by atomic mass is 10.1. The first-order chi connectivity index (χ1) is 10.7. The number of H-pyrrole nitrogens is 1. The Balaban J connectivity index is 1.88. The number of benzene rings is 1. The smallest absolute Gasteiger partial charge is 0.196 e. The highest BCUT2D eigenvalue weighted by molar-refractivity contribution is 7.84. The van der Waals surface area contributed by atoms with Gasteiger partial charge in [0.25, 0.3) is 0 Å². The van der Waals surface area contributed by atoms with Crippen LogP contribution in [0.1, 0.15) is 25.8 Å². The van der Waals surface area contributed by atoms with Crippen LogP contribution in [0.4, 0.5) is 0 Å². The van der Waals surface area contributed by atoms with Gasteiger partial charge in [-0.2, -0.15) is 0 Å². The topological polar surface area (TPSA) is 67.0 Å². The van der Waals surface area contributed by atoms with Gasteiger partial charge in [-0.3, -0.25) is 9.53 Å². The summed E-state index contributed by atoms with van der Waals surface area (Å²) in [7, 11) is -1.20. The molecule has 0 spiro atoms. The van der Waals surface area contributed by atoms with Crippen molar-refractivity contribution >= 4 is 10.8 Å². The van der Waals surface area contributed by atoms with Gasteiger partial charge >= 0.3 is 0 Å². The molecule has 0 fully saturated rings. The van der Waals surface area contributed by atoms with Crippen LogP contribution in [0.2, 0.25) is 0 Å². The van der Waals surface area contributed by atoms with Crippen LogP contribution in [-0.4, -0.2) is 27.5 Å². The maximum Gasteiger partial charge on any atom is 0.196 e. The van der Waals surface area contributed by atoms with Gasteiger partial charge in [0.15, 0.2) is 5.16 Å². The molecule has 1 aromatic heterocycles. The Bertz CT molecular complexity index is 585. The number of nitrogens with one attached hydrogen (secondary N) is 2. The number of hydrogen-bond donors (Lipinski definition) is 2. The normalized spacial score (nSPS) is 12.5. The van der Waals surface area contributed by atoms with E-state index in [1.807, 2.05) is 24.3 Å². The van der Waals surface area contributed by atoms with Crippen molar-refractivity contribution in [2.24, 2.45) is 5.92 Å². The zero-order valence-corrected chi connectivity index (χ0v) is 13.9. The second-order valence-electron chi connectivity index (χ2n) is 5.46. The Morgan fingerprint density at radius 2 is 2.18 bits per heavy atom. The fourth-order valence-electron chi connectivity index (χ4n) is 1.94. The highest BCUT2D eigenvalue weighted by Gasteiger charge is 2.11. The van der Waals surface area contributed by atoms with E-state index in [4.69, 9.17) is 4.74 Å². The summed E-state index contributed by atoms with van der Waals surface area (Å²) in [6.45, 7) is 5.78.